The van der Waals surface area contributed by atoms with Crippen LogP contribution in [-0.4, -0.2) is 18.4 Å². The molecule has 19 heavy (non-hydrogen) atoms. The molecule has 4 nitrogen and oxygen atoms in total. The minimum Gasteiger partial charge on any atom is -0.497 e. The van der Waals surface area contributed by atoms with Crippen molar-refractivity contribution in [1.82, 2.24) is 0 Å². The third-order valence-corrected chi connectivity index (χ3v) is 3.70. The number of rotatable bonds is 5. The molecule has 0 fully saturated rings. The summed E-state index contributed by atoms with van der Waals surface area (Å²) >= 11 is 0. The van der Waals surface area contributed by atoms with Crippen LogP contribution in [0.25, 0.3) is 0 Å². The number of nitrogens with one attached hydrogen (secondary N) is 1. The fraction of sp³-hybridized carbons (Fsp3) is 0.143. The van der Waals surface area contributed by atoms with Crippen LogP contribution >= 0.6 is 0 Å². The third kappa shape index (κ3) is 3.48. The molecule has 1 N–H and O–H groups in total. The van der Waals surface area contributed by atoms with E-state index in [0.29, 0.717) is 4.90 Å². The molecule has 0 aromatic heterocycles. The van der Waals surface area contributed by atoms with Gasteiger partial charge in [0.25, 0.3) is 0 Å². The smallest absolute Gasteiger partial charge is 0.150 e. The fourth-order valence-corrected chi connectivity index (χ4v) is 2.38. The first-order valence-corrected chi connectivity index (χ1v) is 6.84. The molecule has 0 unspecified atom stereocenters. The summed E-state index contributed by atoms with van der Waals surface area (Å²) in [5.74, 6) is 1.51. The molecular formula is C14H15NO3S. The zero-order valence-corrected chi connectivity index (χ0v) is 11.6. The first-order chi connectivity index (χ1) is 9.22. The Kier molecular flexibility index (Phi) is 4.41. The largest absolute Gasteiger partial charge is 0.497 e. The minimum atomic E-state index is -1.30. The monoisotopic (exact) mass is 277 g/mol. The molecule has 0 aliphatic carbocycles. The molecule has 0 amide bonds. The third-order valence-electron chi connectivity index (χ3n) is 2.57. The van der Waals surface area contributed by atoms with E-state index in [9.17, 15) is 4.21 Å². The Bertz CT molecular complexity index is 552. The lowest BCUT2D eigenvalue weighted by Crippen LogP contribution is -2.04. The van der Waals surface area contributed by atoms with Crippen LogP contribution in [0.2, 0.25) is 0 Å². The summed E-state index contributed by atoms with van der Waals surface area (Å²) in [6.07, 6.45) is 0. The van der Waals surface area contributed by atoms with Crippen LogP contribution in [0.3, 0.4) is 0 Å². The van der Waals surface area contributed by atoms with Crippen LogP contribution in [0.1, 0.15) is 0 Å². The summed E-state index contributed by atoms with van der Waals surface area (Å²) in [4.78, 5) is 0.691. The number of methoxy groups -OCH3 is 2. The van der Waals surface area contributed by atoms with Crippen molar-refractivity contribution in [3.63, 3.8) is 0 Å². The molecule has 0 saturated heterocycles. The van der Waals surface area contributed by atoms with Crippen molar-refractivity contribution >= 4 is 16.7 Å². The number of ether oxygens (including phenoxy) is 2. The fourth-order valence-electron chi connectivity index (χ4n) is 1.52. The standard InChI is InChI=1S/C14H15NO3S/c1-17-12-5-3-11(4-6-12)15-19(16)14-9-7-13(18-2)8-10-14/h3-10,15H,1-2H3/t19-/m0/s1. The number of anilines is 1. The topological polar surface area (TPSA) is 47.6 Å². The van der Waals surface area contributed by atoms with Gasteiger partial charge in [-0.25, -0.2) is 4.21 Å². The van der Waals surface area contributed by atoms with Crippen LogP contribution in [0.4, 0.5) is 5.69 Å². The van der Waals surface area contributed by atoms with Crippen LogP contribution < -0.4 is 14.2 Å². The Labute approximate surface area is 115 Å². The van der Waals surface area contributed by atoms with Crippen molar-refractivity contribution in [2.75, 3.05) is 18.9 Å². The second-order valence-electron chi connectivity index (χ2n) is 3.77. The van der Waals surface area contributed by atoms with Gasteiger partial charge in [0.2, 0.25) is 0 Å². The van der Waals surface area contributed by atoms with Crippen molar-refractivity contribution in [1.29, 1.82) is 0 Å². The zero-order valence-electron chi connectivity index (χ0n) is 10.8. The van der Waals surface area contributed by atoms with E-state index < -0.39 is 11.0 Å². The van der Waals surface area contributed by atoms with Crippen LogP contribution in [0.15, 0.2) is 53.4 Å². The van der Waals surface area contributed by atoms with Gasteiger partial charge in [0.15, 0.2) is 0 Å². The van der Waals surface area contributed by atoms with Crippen LogP contribution in [-0.2, 0) is 11.0 Å². The highest BCUT2D eigenvalue weighted by Gasteiger charge is 2.04. The summed E-state index contributed by atoms with van der Waals surface area (Å²) in [5.41, 5.74) is 0.773. The highest BCUT2D eigenvalue weighted by Crippen LogP contribution is 2.18. The molecule has 0 saturated carbocycles. The van der Waals surface area contributed by atoms with Gasteiger partial charge in [-0.3, -0.25) is 0 Å². The molecule has 5 heteroatoms. The maximum Gasteiger partial charge on any atom is 0.150 e. The highest BCUT2D eigenvalue weighted by atomic mass is 32.2. The lowest BCUT2D eigenvalue weighted by molar-refractivity contribution is 0.414. The predicted molar refractivity (Wildman–Crippen MR) is 76.0 cm³/mol. The van der Waals surface area contributed by atoms with Gasteiger partial charge in [-0.15, -0.1) is 0 Å². The zero-order chi connectivity index (χ0) is 13.7. The van der Waals surface area contributed by atoms with E-state index in [2.05, 4.69) is 4.72 Å². The summed E-state index contributed by atoms with van der Waals surface area (Å²) < 4.78 is 25.1. The van der Waals surface area contributed by atoms with Crippen molar-refractivity contribution < 1.29 is 13.7 Å². The average molecular weight is 277 g/mol. The molecule has 0 radical (unpaired) electrons. The lowest BCUT2D eigenvalue weighted by Gasteiger charge is -2.07. The molecule has 1 atom stereocenters. The van der Waals surface area contributed by atoms with Crippen molar-refractivity contribution in [3.8, 4) is 11.5 Å². The van der Waals surface area contributed by atoms with E-state index in [-0.39, 0.29) is 0 Å². The molecule has 0 aliphatic heterocycles. The summed E-state index contributed by atoms with van der Waals surface area (Å²) in [7, 11) is 1.91. The van der Waals surface area contributed by atoms with Crippen LogP contribution in [0.5, 0.6) is 11.5 Å². The summed E-state index contributed by atoms with van der Waals surface area (Å²) in [6.45, 7) is 0. The summed E-state index contributed by atoms with van der Waals surface area (Å²) in [6, 6.07) is 14.4. The number of benzene rings is 2. The van der Waals surface area contributed by atoms with Crippen LogP contribution in [0, 0.1) is 0 Å². The van der Waals surface area contributed by atoms with E-state index in [1.165, 1.54) is 0 Å². The molecule has 2 aromatic carbocycles. The molecule has 2 rings (SSSR count). The van der Waals surface area contributed by atoms with Gasteiger partial charge < -0.3 is 14.2 Å². The lowest BCUT2D eigenvalue weighted by atomic mass is 10.3. The molecule has 0 aliphatic rings. The maximum atomic E-state index is 12.1. The Morgan fingerprint density at radius 3 is 1.79 bits per heavy atom. The predicted octanol–water partition coefficient (Wildman–Crippen LogP) is 2.84. The van der Waals surface area contributed by atoms with Gasteiger partial charge in [-0.05, 0) is 48.5 Å². The Morgan fingerprint density at radius 1 is 0.842 bits per heavy atom. The second-order valence-corrected chi connectivity index (χ2v) is 4.99. The maximum absolute atomic E-state index is 12.1. The Morgan fingerprint density at radius 2 is 1.32 bits per heavy atom. The van der Waals surface area contributed by atoms with Gasteiger partial charge >= 0.3 is 0 Å². The van der Waals surface area contributed by atoms with E-state index >= 15 is 0 Å². The molecular weight excluding hydrogens is 262 g/mol. The second kappa shape index (κ2) is 6.24. The Balaban J connectivity index is 2.06. The van der Waals surface area contributed by atoms with Crippen molar-refractivity contribution in [2.45, 2.75) is 4.90 Å². The van der Waals surface area contributed by atoms with Gasteiger partial charge in [0, 0.05) is 5.69 Å². The van der Waals surface area contributed by atoms with Gasteiger partial charge in [0.1, 0.15) is 22.5 Å². The molecule has 0 spiro atoms. The van der Waals surface area contributed by atoms with Gasteiger partial charge in [-0.1, -0.05) is 0 Å². The normalized spacial score (nSPS) is 11.7. The minimum absolute atomic E-state index is 0.691. The van der Waals surface area contributed by atoms with Crippen molar-refractivity contribution in [2.24, 2.45) is 0 Å². The average Bonchev–Trinajstić information content (AvgIpc) is 2.48. The van der Waals surface area contributed by atoms with Crippen molar-refractivity contribution in [3.05, 3.63) is 48.5 Å². The molecule has 100 valence electrons. The molecule has 2 aromatic rings. The van der Waals surface area contributed by atoms with E-state index in [0.717, 1.165) is 17.2 Å². The van der Waals surface area contributed by atoms with Gasteiger partial charge in [0.05, 0.1) is 19.1 Å². The van der Waals surface area contributed by atoms with E-state index in [4.69, 9.17) is 9.47 Å². The van der Waals surface area contributed by atoms with E-state index in [1.54, 1.807) is 38.5 Å². The molecule has 0 bridgehead atoms. The SMILES string of the molecule is COc1ccc(N[S@@](=O)c2ccc(OC)cc2)cc1. The quantitative estimate of drug-likeness (QED) is 0.914. The highest BCUT2D eigenvalue weighted by molar-refractivity contribution is 7.86. The number of hydrogen-bond acceptors (Lipinski definition) is 3. The Hall–Kier alpha value is -2.01. The summed E-state index contributed by atoms with van der Waals surface area (Å²) in [5, 5.41) is 0. The van der Waals surface area contributed by atoms with E-state index in [1.807, 2.05) is 24.3 Å². The molecule has 0 heterocycles. The number of hydrogen-bond donors (Lipinski definition) is 1. The van der Waals surface area contributed by atoms with Gasteiger partial charge in [-0.2, -0.15) is 0 Å². The first-order valence-electron chi connectivity index (χ1n) is 5.69. The first kappa shape index (κ1) is 13.4.